The van der Waals surface area contributed by atoms with Crippen LogP contribution >= 0.6 is 0 Å². The first-order valence-electron chi connectivity index (χ1n) is 6.23. The third-order valence-corrected chi connectivity index (χ3v) is 3.22. The molecule has 2 unspecified atom stereocenters. The average Bonchev–Trinajstić information content (AvgIpc) is 2.41. The van der Waals surface area contributed by atoms with Crippen molar-refractivity contribution in [2.75, 3.05) is 26.2 Å². The van der Waals surface area contributed by atoms with Crippen LogP contribution in [0.25, 0.3) is 0 Å². The molecule has 1 aliphatic rings. The molecule has 1 fully saturated rings. The zero-order valence-electron chi connectivity index (χ0n) is 10.8. The zero-order valence-corrected chi connectivity index (χ0v) is 10.8. The van der Waals surface area contributed by atoms with E-state index in [0.29, 0.717) is 13.2 Å². The maximum Gasteiger partial charge on any atom is 0.247 e. The van der Waals surface area contributed by atoms with E-state index in [0.717, 1.165) is 18.2 Å². The number of ether oxygens (including phenoxy) is 1. The minimum Gasteiger partial charge on any atom is -0.387 e. The fraction of sp³-hybridized carbons (Fsp3) is 0.462. The molecule has 0 bridgehead atoms. The lowest BCUT2D eigenvalue weighted by atomic mass is 10.1. The van der Waals surface area contributed by atoms with Gasteiger partial charge in [-0.05, 0) is 18.2 Å². The second kappa shape index (κ2) is 6.25. The normalized spacial score (nSPS) is 21.6. The molecule has 0 saturated carbocycles. The number of aliphatic hydroxyl groups excluding tert-OH is 1. The number of morpholine rings is 1. The number of nitrogens with two attached hydrogens (primary N) is 1. The van der Waals surface area contributed by atoms with Crippen LogP contribution in [0, 0.1) is 11.6 Å². The highest BCUT2D eigenvalue weighted by Gasteiger charge is 2.27. The molecule has 0 spiro atoms. The second-order valence-corrected chi connectivity index (χ2v) is 4.70. The SMILES string of the molecule is NC(=O)C1CN(CC(O)c2cc(F)ccc2F)CCO1. The molecule has 0 aliphatic carbocycles. The molecular formula is C13H16F2N2O3. The van der Waals surface area contributed by atoms with Crippen LogP contribution in [0.15, 0.2) is 18.2 Å². The summed E-state index contributed by atoms with van der Waals surface area (Å²) in [6, 6.07) is 2.93. The van der Waals surface area contributed by atoms with E-state index in [2.05, 4.69) is 0 Å². The first-order chi connectivity index (χ1) is 9.47. The van der Waals surface area contributed by atoms with E-state index < -0.39 is 29.7 Å². The summed E-state index contributed by atoms with van der Waals surface area (Å²) in [6.45, 7) is 1.08. The van der Waals surface area contributed by atoms with Gasteiger partial charge in [0.15, 0.2) is 0 Å². The van der Waals surface area contributed by atoms with Crippen LogP contribution in [-0.2, 0) is 9.53 Å². The highest BCUT2D eigenvalue weighted by atomic mass is 19.1. The molecule has 1 saturated heterocycles. The average molecular weight is 286 g/mol. The topological polar surface area (TPSA) is 75.8 Å². The molecule has 0 aromatic heterocycles. The number of carbonyl (C=O) groups excluding carboxylic acids is 1. The standard InChI is InChI=1S/C13H16F2N2O3/c14-8-1-2-10(15)9(5-8)11(18)6-17-3-4-20-12(7-17)13(16)19/h1-2,5,11-12,18H,3-4,6-7H2,(H2,16,19). The highest BCUT2D eigenvalue weighted by molar-refractivity contribution is 5.79. The van der Waals surface area contributed by atoms with Gasteiger partial charge in [-0.25, -0.2) is 8.78 Å². The number of aliphatic hydroxyl groups is 1. The van der Waals surface area contributed by atoms with Crippen molar-refractivity contribution in [1.82, 2.24) is 4.90 Å². The molecular weight excluding hydrogens is 270 g/mol. The van der Waals surface area contributed by atoms with Gasteiger partial charge in [0.1, 0.15) is 17.7 Å². The van der Waals surface area contributed by atoms with Gasteiger partial charge in [-0.15, -0.1) is 0 Å². The van der Waals surface area contributed by atoms with Gasteiger partial charge in [0.25, 0.3) is 0 Å². The molecule has 3 N–H and O–H groups in total. The molecule has 0 radical (unpaired) electrons. The maximum absolute atomic E-state index is 13.5. The minimum atomic E-state index is -1.18. The van der Waals surface area contributed by atoms with Gasteiger partial charge >= 0.3 is 0 Å². The number of amides is 1. The lowest BCUT2D eigenvalue weighted by molar-refractivity contribution is -0.135. The first kappa shape index (κ1) is 14.8. The van der Waals surface area contributed by atoms with Crippen molar-refractivity contribution in [2.24, 2.45) is 5.73 Å². The smallest absolute Gasteiger partial charge is 0.247 e. The van der Waals surface area contributed by atoms with E-state index in [9.17, 15) is 18.7 Å². The van der Waals surface area contributed by atoms with Gasteiger partial charge in [-0.2, -0.15) is 0 Å². The van der Waals surface area contributed by atoms with Gasteiger partial charge < -0.3 is 15.6 Å². The van der Waals surface area contributed by atoms with Crippen molar-refractivity contribution in [1.29, 1.82) is 0 Å². The van der Waals surface area contributed by atoms with Gasteiger partial charge in [0, 0.05) is 25.2 Å². The molecule has 7 heteroatoms. The van der Waals surface area contributed by atoms with E-state index in [4.69, 9.17) is 10.5 Å². The predicted molar refractivity (Wildman–Crippen MR) is 66.7 cm³/mol. The van der Waals surface area contributed by atoms with Crippen LogP contribution in [0.1, 0.15) is 11.7 Å². The number of hydrogen-bond acceptors (Lipinski definition) is 4. The Kier molecular flexibility index (Phi) is 4.64. The third-order valence-electron chi connectivity index (χ3n) is 3.22. The van der Waals surface area contributed by atoms with Gasteiger partial charge in [-0.3, -0.25) is 9.69 Å². The summed E-state index contributed by atoms with van der Waals surface area (Å²) in [5.74, 6) is -1.86. The number of rotatable bonds is 4. The Morgan fingerprint density at radius 2 is 2.30 bits per heavy atom. The molecule has 2 atom stereocenters. The second-order valence-electron chi connectivity index (χ2n) is 4.70. The van der Waals surface area contributed by atoms with E-state index in [1.807, 2.05) is 0 Å². The zero-order chi connectivity index (χ0) is 14.7. The molecule has 1 aliphatic heterocycles. The van der Waals surface area contributed by atoms with Crippen LogP contribution in [0.5, 0.6) is 0 Å². The maximum atomic E-state index is 13.5. The van der Waals surface area contributed by atoms with Crippen LogP contribution in [0.3, 0.4) is 0 Å². The monoisotopic (exact) mass is 286 g/mol. The summed E-state index contributed by atoms with van der Waals surface area (Å²) in [7, 11) is 0. The van der Waals surface area contributed by atoms with Crippen LogP contribution < -0.4 is 5.73 Å². The molecule has 5 nitrogen and oxygen atoms in total. The van der Waals surface area contributed by atoms with Crippen LogP contribution in [0.2, 0.25) is 0 Å². The molecule has 1 aromatic rings. The minimum absolute atomic E-state index is 0.0769. The van der Waals surface area contributed by atoms with E-state index >= 15 is 0 Å². The number of nitrogens with zero attached hydrogens (tertiary/aromatic N) is 1. The number of hydrogen-bond donors (Lipinski definition) is 2. The van der Waals surface area contributed by atoms with Crippen LogP contribution in [-0.4, -0.2) is 48.3 Å². The first-order valence-corrected chi connectivity index (χ1v) is 6.23. The van der Waals surface area contributed by atoms with Crippen molar-refractivity contribution in [2.45, 2.75) is 12.2 Å². The molecule has 2 rings (SSSR count). The molecule has 1 amide bonds. The molecule has 110 valence electrons. The summed E-state index contributed by atoms with van der Waals surface area (Å²) in [5, 5.41) is 10.00. The largest absolute Gasteiger partial charge is 0.387 e. The summed E-state index contributed by atoms with van der Waals surface area (Å²) in [6.07, 6.45) is -1.93. The van der Waals surface area contributed by atoms with Gasteiger partial charge in [-0.1, -0.05) is 0 Å². The number of halogens is 2. The fourth-order valence-electron chi connectivity index (χ4n) is 2.15. The third kappa shape index (κ3) is 3.50. The van der Waals surface area contributed by atoms with Gasteiger partial charge in [0.05, 0.1) is 12.7 Å². The van der Waals surface area contributed by atoms with Gasteiger partial charge in [0.2, 0.25) is 5.91 Å². The van der Waals surface area contributed by atoms with E-state index in [-0.39, 0.29) is 18.7 Å². The van der Waals surface area contributed by atoms with Crippen molar-refractivity contribution < 1.29 is 23.4 Å². The Hall–Kier alpha value is -1.57. The Bertz CT molecular complexity index is 499. The Labute approximate surface area is 114 Å². The molecule has 1 aromatic carbocycles. The lowest BCUT2D eigenvalue weighted by Crippen LogP contribution is -2.49. The summed E-state index contributed by atoms with van der Waals surface area (Å²) in [4.78, 5) is 12.8. The predicted octanol–water partition coefficient (Wildman–Crippen LogP) is 0.184. The van der Waals surface area contributed by atoms with Crippen molar-refractivity contribution in [3.8, 4) is 0 Å². The lowest BCUT2D eigenvalue weighted by Gasteiger charge is -2.32. The number of benzene rings is 1. The summed E-state index contributed by atoms with van der Waals surface area (Å²) in [5.41, 5.74) is 5.05. The van der Waals surface area contributed by atoms with Crippen molar-refractivity contribution in [3.05, 3.63) is 35.4 Å². The number of carbonyl (C=O) groups is 1. The summed E-state index contributed by atoms with van der Waals surface area (Å²) < 4.78 is 31.8. The van der Waals surface area contributed by atoms with Crippen LogP contribution in [0.4, 0.5) is 8.78 Å². The van der Waals surface area contributed by atoms with Crippen molar-refractivity contribution in [3.63, 3.8) is 0 Å². The summed E-state index contributed by atoms with van der Waals surface area (Å²) >= 11 is 0. The van der Waals surface area contributed by atoms with E-state index in [1.165, 1.54) is 0 Å². The molecule has 20 heavy (non-hydrogen) atoms. The highest BCUT2D eigenvalue weighted by Crippen LogP contribution is 2.20. The quantitative estimate of drug-likeness (QED) is 0.828. The number of β-amino-alcohol motifs (C(OH)–C–C–N with tert-alkyl or cyclic N) is 1. The Morgan fingerprint density at radius 1 is 1.55 bits per heavy atom. The molecule has 1 heterocycles. The van der Waals surface area contributed by atoms with E-state index in [1.54, 1.807) is 4.90 Å². The fourth-order valence-corrected chi connectivity index (χ4v) is 2.15. The Morgan fingerprint density at radius 3 is 3.00 bits per heavy atom. The number of primary amides is 1. The Balaban J connectivity index is 2.02. The van der Waals surface area contributed by atoms with Crippen molar-refractivity contribution >= 4 is 5.91 Å².